The number of sulfonamides is 1. The predicted molar refractivity (Wildman–Crippen MR) is 70.1 cm³/mol. The Bertz CT molecular complexity index is 517. The molecule has 0 spiro atoms. The molecule has 2 N–H and O–H groups in total. The largest absolute Gasteiger partial charge is 0.330 e. The van der Waals surface area contributed by atoms with E-state index < -0.39 is 10.0 Å². The van der Waals surface area contributed by atoms with Crippen LogP contribution in [-0.4, -0.2) is 32.9 Å². The summed E-state index contributed by atoms with van der Waals surface area (Å²) >= 11 is 0. The van der Waals surface area contributed by atoms with Crippen LogP contribution >= 0.6 is 0 Å². The van der Waals surface area contributed by atoms with E-state index in [0.29, 0.717) is 30.6 Å². The minimum atomic E-state index is -3.31. The highest BCUT2D eigenvalue weighted by Gasteiger charge is 2.17. The van der Waals surface area contributed by atoms with E-state index in [4.69, 9.17) is 11.0 Å². The topological polar surface area (TPSA) is 87.2 Å². The fourth-order valence-electron chi connectivity index (χ4n) is 1.45. The van der Waals surface area contributed by atoms with Gasteiger partial charge in [0.2, 0.25) is 10.0 Å². The van der Waals surface area contributed by atoms with E-state index in [-0.39, 0.29) is 5.75 Å². The molecule has 0 aliphatic rings. The van der Waals surface area contributed by atoms with Crippen LogP contribution in [0.3, 0.4) is 0 Å². The van der Waals surface area contributed by atoms with E-state index in [9.17, 15) is 8.42 Å². The number of hydrogen-bond donors (Lipinski definition) is 1. The molecule has 0 saturated carbocycles. The summed E-state index contributed by atoms with van der Waals surface area (Å²) in [5.74, 6) is -0.0558. The summed E-state index contributed by atoms with van der Waals surface area (Å²) in [6.07, 6.45) is 0.642. The lowest BCUT2D eigenvalue weighted by Crippen LogP contribution is -2.30. The van der Waals surface area contributed by atoms with Crippen molar-refractivity contribution >= 4 is 10.0 Å². The third-order valence-corrected chi connectivity index (χ3v) is 4.41. The second kappa shape index (κ2) is 6.50. The molecule has 1 aromatic carbocycles. The lowest BCUT2D eigenvalue weighted by Gasteiger charge is -2.16. The van der Waals surface area contributed by atoms with Crippen LogP contribution in [0.4, 0.5) is 0 Å². The molecule has 0 atom stereocenters. The minimum absolute atomic E-state index is 0.0558. The SMILES string of the molecule is CN(CCCN)S(=O)(=O)Cc1ccc(C#N)cc1. The monoisotopic (exact) mass is 267 g/mol. The highest BCUT2D eigenvalue weighted by molar-refractivity contribution is 7.88. The van der Waals surface area contributed by atoms with Crippen LogP contribution in [0.15, 0.2) is 24.3 Å². The van der Waals surface area contributed by atoms with Crippen molar-refractivity contribution in [2.45, 2.75) is 12.2 Å². The third kappa shape index (κ3) is 4.11. The second-order valence-corrected chi connectivity index (χ2v) is 6.10. The first-order valence-electron chi connectivity index (χ1n) is 5.62. The number of rotatable bonds is 6. The van der Waals surface area contributed by atoms with Gasteiger partial charge in [0.15, 0.2) is 0 Å². The molecule has 0 aliphatic heterocycles. The molecule has 1 aromatic rings. The number of nitriles is 1. The van der Waals surface area contributed by atoms with Gasteiger partial charge in [-0.05, 0) is 30.7 Å². The fraction of sp³-hybridized carbons (Fsp3) is 0.417. The molecule has 0 radical (unpaired) electrons. The van der Waals surface area contributed by atoms with E-state index in [1.54, 1.807) is 31.3 Å². The van der Waals surface area contributed by atoms with E-state index in [1.165, 1.54) is 4.31 Å². The van der Waals surface area contributed by atoms with Crippen molar-refractivity contribution in [1.29, 1.82) is 5.26 Å². The van der Waals surface area contributed by atoms with Gasteiger partial charge in [-0.2, -0.15) is 5.26 Å². The average Bonchev–Trinajstić information content (AvgIpc) is 2.36. The Balaban J connectivity index is 2.73. The Hall–Kier alpha value is -1.42. The summed E-state index contributed by atoms with van der Waals surface area (Å²) in [6, 6.07) is 8.54. The lowest BCUT2D eigenvalue weighted by atomic mass is 10.2. The van der Waals surface area contributed by atoms with Gasteiger partial charge in [-0.15, -0.1) is 0 Å². The summed E-state index contributed by atoms with van der Waals surface area (Å²) in [6.45, 7) is 0.895. The van der Waals surface area contributed by atoms with Crippen molar-refractivity contribution in [3.63, 3.8) is 0 Å². The molecule has 0 heterocycles. The summed E-state index contributed by atoms with van der Waals surface area (Å²) in [7, 11) is -1.76. The van der Waals surface area contributed by atoms with Gasteiger partial charge in [0.1, 0.15) is 0 Å². The van der Waals surface area contributed by atoms with Crippen LogP contribution < -0.4 is 5.73 Å². The van der Waals surface area contributed by atoms with Crippen molar-refractivity contribution in [2.24, 2.45) is 5.73 Å². The maximum Gasteiger partial charge on any atom is 0.218 e. The standard InChI is InChI=1S/C12H17N3O2S/c1-15(8-2-7-13)18(16,17)10-12-5-3-11(9-14)4-6-12/h3-6H,2,7-8,10,13H2,1H3. The Kier molecular flexibility index (Phi) is 5.28. The summed E-state index contributed by atoms with van der Waals surface area (Å²) in [5.41, 5.74) is 6.55. The molecule has 0 unspecified atom stereocenters. The number of benzene rings is 1. The Morgan fingerprint density at radius 3 is 2.44 bits per heavy atom. The first kappa shape index (κ1) is 14.6. The smallest absolute Gasteiger partial charge is 0.218 e. The zero-order valence-electron chi connectivity index (χ0n) is 10.3. The zero-order valence-corrected chi connectivity index (χ0v) is 11.2. The molecule has 0 amide bonds. The Labute approximate surface area is 108 Å². The Morgan fingerprint density at radius 2 is 1.94 bits per heavy atom. The molecule has 5 nitrogen and oxygen atoms in total. The molecule has 1 rings (SSSR count). The van der Waals surface area contributed by atoms with Crippen LogP contribution in [0.25, 0.3) is 0 Å². The maximum atomic E-state index is 12.0. The van der Waals surface area contributed by atoms with Crippen molar-refractivity contribution in [1.82, 2.24) is 4.31 Å². The molecule has 0 bridgehead atoms. The minimum Gasteiger partial charge on any atom is -0.330 e. The molecular weight excluding hydrogens is 250 g/mol. The van der Waals surface area contributed by atoms with Gasteiger partial charge in [-0.3, -0.25) is 0 Å². The molecule has 0 aliphatic carbocycles. The molecular formula is C12H17N3O2S. The normalized spacial score (nSPS) is 11.4. The summed E-state index contributed by atoms with van der Waals surface area (Å²) < 4.78 is 25.3. The van der Waals surface area contributed by atoms with Crippen LogP contribution in [0, 0.1) is 11.3 Å². The van der Waals surface area contributed by atoms with Crippen molar-refractivity contribution in [3.8, 4) is 6.07 Å². The van der Waals surface area contributed by atoms with Crippen LogP contribution in [0.5, 0.6) is 0 Å². The van der Waals surface area contributed by atoms with Crippen molar-refractivity contribution in [3.05, 3.63) is 35.4 Å². The maximum absolute atomic E-state index is 12.0. The van der Waals surface area contributed by atoms with Gasteiger partial charge in [0.25, 0.3) is 0 Å². The highest BCUT2D eigenvalue weighted by Crippen LogP contribution is 2.11. The molecule has 18 heavy (non-hydrogen) atoms. The van der Waals surface area contributed by atoms with Gasteiger partial charge in [-0.25, -0.2) is 12.7 Å². The average molecular weight is 267 g/mol. The van der Waals surface area contributed by atoms with E-state index in [0.717, 1.165) is 0 Å². The zero-order chi connectivity index (χ0) is 13.6. The molecule has 0 saturated heterocycles. The van der Waals surface area contributed by atoms with Gasteiger partial charge >= 0.3 is 0 Å². The van der Waals surface area contributed by atoms with Crippen LogP contribution in [0.1, 0.15) is 17.5 Å². The molecule has 98 valence electrons. The predicted octanol–water partition coefficient (Wildman–Crippen LogP) is 0.669. The number of nitrogens with zero attached hydrogens (tertiary/aromatic N) is 2. The number of hydrogen-bond acceptors (Lipinski definition) is 4. The third-order valence-electron chi connectivity index (χ3n) is 2.58. The van der Waals surface area contributed by atoms with Crippen LogP contribution in [-0.2, 0) is 15.8 Å². The molecule has 0 aromatic heterocycles. The first-order valence-corrected chi connectivity index (χ1v) is 7.23. The lowest BCUT2D eigenvalue weighted by molar-refractivity contribution is 0.463. The van der Waals surface area contributed by atoms with Gasteiger partial charge in [0.05, 0.1) is 17.4 Å². The van der Waals surface area contributed by atoms with E-state index in [1.807, 2.05) is 6.07 Å². The highest BCUT2D eigenvalue weighted by atomic mass is 32.2. The molecule has 6 heteroatoms. The summed E-state index contributed by atoms with van der Waals surface area (Å²) in [4.78, 5) is 0. The first-order chi connectivity index (χ1) is 8.49. The van der Waals surface area contributed by atoms with Gasteiger partial charge in [-0.1, -0.05) is 12.1 Å². The van der Waals surface area contributed by atoms with Crippen LogP contribution in [0.2, 0.25) is 0 Å². The Morgan fingerprint density at radius 1 is 1.33 bits per heavy atom. The second-order valence-electron chi connectivity index (χ2n) is 4.03. The fourth-order valence-corrected chi connectivity index (χ4v) is 2.69. The van der Waals surface area contributed by atoms with E-state index >= 15 is 0 Å². The number of nitrogens with two attached hydrogens (primary N) is 1. The van der Waals surface area contributed by atoms with Crippen molar-refractivity contribution < 1.29 is 8.42 Å². The van der Waals surface area contributed by atoms with Crippen molar-refractivity contribution in [2.75, 3.05) is 20.1 Å². The summed E-state index contributed by atoms with van der Waals surface area (Å²) in [5, 5.41) is 8.66. The molecule has 0 fully saturated rings. The van der Waals surface area contributed by atoms with Gasteiger partial charge in [0, 0.05) is 13.6 Å². The van der Waals surface area contributed by atoms with Gasteiger partial charge < -0.3 is 5.73 Å². The quantitative estimate of drug-likeness (QED) is 0.820. The van der Waals surface area contributed by atoms with E-state index in [2.05, 4.69) is 0 Å².